The van der Waals surface area contributed by atoms with Crippen molar-refractivity contribution >= 4 is 15.8 Å². The fourth-order valence-electron chi connectivity index (χ4n) is 2.29. The second-order valence-corrected chi connectivity index (χ2v) is 5.70. The molecule has 0 atom stereocenters. The van der Waals surface area contributed by atoms with E-state index in [1.54, 1.807) is 24.4 Å². The summed E-state index contributed by atoms with van der Waals surface area (Å²) in [5.74, 6) is 7.38. The average molecular weight is 525 g/mol. The van der Waals surface area contributed by atoms with Crippen LogP contribution in [0.1, 0.15) is 53.5 Å². The van der Waals surface area contributed by atoms with Crippen LogP contribution in [0.4, 0.5) is 0 Å². The maximum absolute atomic E-state index is 11.1. The van der Waals surface area contributed by atoms with Crippen LogP contribution in [0.3, 0.4) is 0 Å². The molecule has 0 saturated heterocycles. The molecule has 2 nitrogen and oxygen atoms in total. The van der Waals surface area contributed by atoms with Crippen LogP contribution in [-0.4, -0.2) is 12.8 Å². The summed E-state index contributed by atoms with van der Waals surface area (Å²) < 4.78 is 0. The van der Waals surface area contributed by atoms with E-state index in [0.29, 0.717) is 5.56 Å². The van der Waals surface area contributed by atoms with Gasteiger partial charge in [-0.05, 0) is 41.6 Å². The molecule has 1 aromatic carbocycles. The summed E-state index contributed by atoms with van der Waals surface area (Å²) in [6, 6.07) is 6.91. The van der Waals surface area contributed by atoms with Crippen molar-refractivity contribution in [2.45, 2.75) is 48.0 Å². The van der Waals surface area contributed by atoms with Crippen molar-refractivity contribution in [3.8, 4) is 5.75 Å². The van der Waals surface area contributed by atoms with Gasteiger partial charge in [0.15, 0.2) is 0 Å². The molecule has 1 aliphatic carbocycles. The van der Waals surface area contributed by atoms with E-state index in [-0.39, 0.29) is 5.75 Å². The molecule has 0 unspecified atom stereocenters. The fourth-order valence-corrected chi connectivity index (χ4v) is 2.29. The van der Waals surface area contributed by atoms with Crippen LogP contribution in [0.15, 0.2) is 29.3 Å². The zero-order chi connectivity index (χ0) is 18.7. The monoisotopic (exact) mass is 525 g/mol. The topological polar surface area (TPSA) is 35.4 Å². The van der Waals surface area contributed by atoms with E-state index >= 15 is 0 Å². The zero-order valence-corrected chi connectivity index (χ0v) is 18.5. The minimum atomic E-state index is 0.0392. The molecule has 0 spiro atoms. The first-order chi connectivity index (χ1) is 11.4. The van der Waals surface area contributed by atoms with Crippen molar-refractivity contribution in [2.75, 3.05) is 6.54 Å². The molecule has 1 aromatic rings. The third kappa shape index (κ3) is 7.25. The summed E-state index contributed by atoms with van der Waals surface area (Å²) in [6.07, 6.45) is 2.66. The quantitative estimate of drug-likeness (QED) is 0.497. The Morgan fingerprint density at radius 2 is 1.33 bits per heavy atom. The number of hydrogen-bond donors (Lipinski definition) is 0. The van der Waals surface area contributed by atoms with Gasteiger partial charge in [-0.2, -0.15) is 0 Å². The molecule has 133 valence electrons. The van der Waals surface area contributed by atoms with Crippen molar-refractivity contribution in [2.24, 2.45) is 4.99 Å². The number of nitrogens with zero attached hydrogens (tertiary/aromatic N) is 1. The molecular formula is C20H27ClIrNO+. The SMILES string of the molecule is CCCN=Cc1ccccc1[O-].C[C]1[C](C)[C](C)[C](C)[C]1C.[Cl][Ir+2]. The van der Waals surface area contributed by atoms with E-state index in [9.17, 15) is 5.11 Å². The Kier molecular flexibility index (Phi) is 12.7. The first kappa shape index (κ1) is 23.6. The number of rotatable bonds is 3. The van der Waals surface area contributed by atoms with Crippen molar-refractivity contribution in [3.63, 3.8) is 0 Å². The number of para-hydroxylation sites is 1. The molecular weight excluding hydrogens is 498 g/mol. The van der Waals surface area contributed by atoms with Crippen LogP contribution in [0.5, 0.6) is 5.75 Å². The minimum absolute atomic E-state index is 0.0392. The van der Waals surface area contributed by atoms with Crippen molar-refractivity contribution < 1.29 is 23.0 Å². The molecule has 0 aliphatic heterocycles. The van der Waals surface area contributed by atoms with Gasteiger partial charge in [-0.1, -0.05) is 65.8 Å². The van der Waals surface area contributed by atoms with Crippen molar-refractivity contribution in [3.05, 3.63) is 59.4 Å². The Labute approximate surface area is 163 Å². The molecule has 0 bridgehead atoms. The van der Waals surface area contributed by atoms with Gasteiger partial charge in [-0.15, -0.1) is 5.75 Å². The second kappa shape index (κ2) is 12.9. The molecule has 5 radical (unpaired) electrons. The molecule has 4 heteroatoms. The first-order valence-corrected chi connectivity index (χ1v) is 10.9. The molecule has 0 aromatic heterocycles. The Morgan fingerprint density at radius 1 is 0.917 bits per heavy atom. The number of hydrogen-bond acceptors (Lipinski definition) is 2. The van der Waals surface area contributed by atoms with Crippen LogP contribution in [0.25, 0.3) is 0 Å². The van der Waals surface area contributed by atoms with Gasteiger partial charge in [0.05, 0.1) is 0 Å². The van der Waals surface area contributed by atoms with Gasteiger partial charge in [0, 0.05) is 12.8 Å². The molecule has 0 N–H and O–H groups in total. The van der Waals surface area contributed by atoms with Crippen molar-refractivity contribution in [1.82, 2.24) is 0 Å². The summed E-state index contributed by atoms with van der Waals surface area (Å²) in [7, 11) is 4.64. The first-order valence-electron chi connectivity index (χ1n) is 7.98. The van der Waals surface area contributed by atoms with Gasteiger partial charge in [0.2, 0.25) is 0 Å². The third-order valence-electron chi connectivity index (χ3n) is 4.31. The molecule has 1 fully saturated rings. The van der Waals surface area contributed by atoms with Gasteiger partial charge in [-0.25, -0.2) is 0 Å². The third-order valence-corrected chi connectivity index (χ3v) is 4.31. The summed E-state index contributed by atoms with van der Waals surface area (Å²) in [5.41, 5.74) is 0.672. The van der Waals surface area contributed by atoms with Crippen LogP contribution < -0.4 is 5.11 Å². The zero-order valence-electron chi connectivity index (χ0n) is 15.4. The molecule has 0 amide bonds. The normalized spacial score (nSPS) is 17.5. The Hall–Kier alpha value is -0.371. The summed E-state index contributed by atoms with van der Waals surface area (Å²) in [5, 5.41) is 11.1. The van der Waals surface area contributed by atoms with E-state index in [1.165, 1.54) is 47.5 Å². The average Bonchev–Trinajstić information content (AvgIpc) is 2.77. The van der Waals surface area contributed by atoms with Gasteiger partial charge >= 0.3 is 27.5 Å². The summed E-state index contributed by atoms with van der Waals surface area (Å²) in [6.45, 7) is 13.8. The number of aliphatic imine (C=N–C) groups is 1. The predicted molar refractivity (Wildman–Crippen MR) is 99.1 cm³/mol. The fraction of sp³-hybridized carbons (Fsp3) is 0.400. The second-order valence-electron chi connectivity index (χ2n) is 5.70. The Bertz CT molecular complexity index is 436. The summed E-state index contributed by atoms with van der Waals surface area (Å²) >= 11 is 1.47. The predicted octanol–water partition coefficient (Wildman–Crippen LogP) is 5.25. The molecule has 24 heavy (non-hydrogen) atoms. The number of halogens is 1. The standard InChI is InChI=1S/C10H13NO.C10H15.ClH.Ir/c1-2-7-11-8-9-5-3-4-6-10(9)12;1-6-7(2)9(4)10(5)8(6)3;;/h3-6,8,12H,2,7H2,1H3;1-5H3;1H;/q;;;+3/p-2. The van der Waals surface area contributed by atoms with Gasteiger partial charge in [0.25, 0.3) is 0 Å². The number of benzene rings is 1. The Balaban J connectivity index is 0.000000405. The van der Waals surface area contributed by atoms with Gasteiger partial charge in [-0.3, -0.25) is 4.99 Å². The van der Waals surface area contributed by atoms with E-state index in [1.807, 2.05) is 6.07 Å². The van der Waals surface area contributed by atoms with Crippen molar-refractivity contribution in [1.29, 1.82) is 0 Å². The van der Waals surface area contributed by atoms with Crippen LogP contribution in [0.2, 0.25) is 0 Å². The van der Waals surface area contributed by atoms with Crippen LogP contribution >= 0.6 is 9.58 Å². The van der Waals surface area contributed by atoms with Crippen LogP contribution in [0, 0.1) is 29.6 Å². The van der Waals surface area contributed by atoms with E-state index in [2.05, 4.69) is 56.1 Å². The molecule has 1 saturated carbocycles. The van der Waals surface area contributed by atoms with Gasteiger partial charge < -0.3 is 5.11 Å². The molecule has 2 rings (SSSR count). The van der Waals surface area contributed by atoms with E-state index < -0.39 is 0 Å². The Morgan fingerprint density at radius 3 is 1.71 bits per heavy atom. The van der Waals surface area contributed by atoms with E-state index in [0.717, 1.165) is 13.0 Å². The molecule has 1 aliphatic rings. The van der Waals surface area contributed by atoms with E-state index in [4.69, 9.17) is 0 Å². The van der Waals surface area contributed by atoms with Crippen LogP contribution in [-0.2, 0) is 17.9 Å². The van der Waals surface area contributed by atoms with Gasteiger partial charge in [0.1, 0.15) is 0 Å². The maximum atomic E-state index is 11.1. The molecule has 0 heterocycles. The summed E-state index contributed by atoms with van der Waals surface area (Å²) in [4.78, 5) is 4.10.